The molecule has 0 aliphatic heterocycles. The smallest absolute Gasteiger partial charge is 0.294 e. The fourth-order valence-corrected chi connectivity index (χ4v) is 2.15. The van der Waals surface area contributed by atoms with Crippen LogP contribution in [0, 0.1) is 63.7 Å². The van der Waals surface area contributed by atoms with Gasteiger partial charge < -0.3 is 0 Å². The van der Waals surface area contributed by atoms with Gasteiger partial charge in [0.2, 0.25) is 0 Å². The molecule has 0 N–H and O–H groups in total. The van der Waals surface area contributed by atoms with Crippen molar-refractivity contribution in [2.45, 2.75) is 0 Å². The molecule has 0 atom stereocenters. The summed E-state index contributed by atoms with van der Waals surface area (Å²) < 4.78 is 1.01. The molecule has 0 bridgehead atoms. The van der Waals surface area contributed by atoms with E-state index < -0.39 is 0 Å². The minimum Gasteiger partial charge on any atom is -0.294 e. The van der Waals surface area contributed by atoms with Crippen LogP contribution in [0.2, 0.25) is 0 Å². The van der Waals surface area contributed by atoms with Gasteiger partial charge in [-0.3, -0.25) is 4.79 Å². The van der Waals surface area contributed by atoms with Gasteiger partial charge in [0, 0.05) is 4.47 Å². The summed E-state index contributed by atoms with van der Waals surface area (Å²) in [5, 5.41) is 0. The molecule has 110 valence electrons. The zero-order valence-electron chi connectivity index (χ0n) is 11.8. The number of allylic oxidation sites excluding steroid dienone is 1. The number of carbonyl (C=O) groups is 1. The van der Waals surface area contributed by atoms with Gasteiger partial charge in [0.05, 0.1) is 5.92 Å². The third-order valence-corrected chi connectivity index (χ3v) is 3.27. The molecule has 10 radical (unpaired) electrons. The number of halogens is 1. The Bertz CT molecular complexity index is 466. The van der Waals surface area contributed by atoms with Crippen molar-refractivity contribution in [2.75, 3.05) is 0 Å². The van der Waals surface area contributed by atoms with Crippen molar-refractivity contribution in [1.82, 2.24) is 0 Å². The second-order valence-electron chi connectivity index (χ2n) is 4.39. The average molecular weight is 395 g/mol. The number of hydrogen-bond acceptors (Lipinski definition) is 1. The van der Waals surface area contributed by atoms with Crippen molar-refractivity contribution in [3.05, 3.63) is 104 Å². The second kappa shape index (κ2) is 11.2. The summed E-state index contributed by atoms with van der Waals surface area (Å²) in [6.45, 7) is 0. The van der Waals surface area contributed by atoms with Crippen LogP contribution >= 0.6 is 15.9 Å². The van der Waals surface area contributed by atoms with E-state index in [4.69, 9.17) is 0 Å². The van der Waals surface area contributed by atoms with E-state index in [2.05, 4.69) is 15.9 Å². The predicted molar refractivity (Wildman–Crippen MR) is 90.1 cm³/mol. The first-order chi connectivity index (χ1) is 10.3. The number of benzene rings is 1. The molecule has 2 saturated carbocycles. The van der Waals surface area contributed by atoms with Crippen molar-refractivity contribution >= 4 is 27.8 Å². The molecule has 0 saturated heterocycles. The molecule has 22 heavy (non-hydrogen) atoms. The summed E-state index contributed by atoms with van der Waals surface area (Å²) in [4.78, 5) is 11.7. The Morgan fingerprint density at radius 2 is 1.50 bits per heavy atom. The summed E-state index contributed by atoms with van der Waals surface area (Å²) in [6.07, 6.45) is 20.8. The van der Waals surface area contributed by atoms with Gasteiger partial charge in [-0.1, -0.05) is 34.1 Å². The molecule has 1 aromatic carbocycles. The standard InChI is InChI=1S/C14H10BrO.C5H5.Fe/c15-13-7-3-4-11(10-13)8-9-14(16)12-5-1-2-6-12;1-2-4-5-3-1;/h1-10H;1-5H;/q;;+2/b9-8+;;. The third kappa shape index (κ3) is 7.26. The zero-order valence-corrected chi connectivity index (χ0v) is 14.5. The summed E-state index contributed by atoms with van der Waals surface area (Å²) in [5.41, 5.74) is 1.01. The van der Waals surface area contributed by atoms with Gasteiger partial charge in [-0.15, -0.1) is 0 Å². The second-order valence-corrected chi connectivity index (χ2v) is 5.30. The summed E-state index contributed by atoms with van der Waals surface area (Å²) >= 11 is 3.39. The van der Waals surface area contributed by atoms with E-state index in [1.54, 1.807) is 6.08 Å². The Labute approximate surface area is 153 Å². The van der Waals surface area contributed by atoms with Crippen LogP contribution in [-0.2, 0) is 21.9 Å². The molecule has 3 heteroatoms. The van der Waals surface area contributed by atoms with Crippen molar-refractivity contribution in [3.63, 3.8) is 0 Å². The first kappa shape index (κ1) is 19.7. The van der Waals surface area contributed by atoms with Crippen LogP contribution in [-0.4, -0.2) is 5.78 Å². The molecule has 1 aromatic rings. The van der Waals surface area contributed by atoms with Gasteiger partial charge in [0.1, 0.15) is 0 Å². The van der Waals surface area contributed by atoms with E-state index in [1.807, 2.05) is 88.1 Å². The Morgan fingerprint density at radius 1 is 0.909 bits per heavy atom. The predicted octanol–water partition coefficient (Wildman–Crippen LogP) is 4.46. The van der Waals surface area contributed by atoms with Gasteiger partial charge in [-0.25, -0.2) is 0 Å². The maximum atomic E-state index is 11.7. The van der Waals surface area contributed by atoms with Gasteiger partial charge in [-0.05, 0) is 81.6 Å². The van der Waals surface area contributed by atoms with E-state index in [9.17, 15) is 4.79 Å². The van der Waals surface area contributed by atoms with Crippen LogP contribution in [0.25, 0.3) is 6.08 Å². The molecule has 3 rings (SSSR count). The van der Waals surface area contributed by atoms with Gasteiger partial charge in [-0.2, -0.15) is 0 Å². The van der Waals surface area contributed by atoms with E-state index in [1.165, 1.54) is 0 Å². The van der Waals surface area contributed by atoms with Crippen LogP contribution < -0.4 is 0 Å². The van der Waals surface area contributed by atoms with E-state index in [0.717, 1.165) is 16.0 Å². The van der Waals surface area contributed by atoms with Crippen molar-refractivity contribution in [1.29, 1.82) is 0 Å². The Morgan fingerprint density at radius 3 is 2.05 bits per heavy atom. The molecule has 0 heterocycles. The molecule has 0 aromatic heterocycles. The number of hydrogen-bond donors (Lipinski definition) is 0. The summed E-state index contributed by atoms with van der Waals surface area (Å²) in [7, 11) is 0. The first-order valence-electron chi connectivity index (χ1n) is 6.62. The van der Waals surface area contributed by atoms with Gasteiger partial charge in [0.15, 0.2) is 5.78 Å². The molecule has 0 unspecified atom stereocenters. The van der Waals surface area contributed by atoms with E-state index >= 15 is 0 Å². The van der Waals surface area contributed by atoms with Gasteiger partial charge >= 0.3 is 17.1 Å². The fraction of sp³-hybridized carbons (Fsp3) is 0. The molecular weight excluding hydrogens is 380 g/mol. The summed E-state index contributed by atoms with van der Waals surface area (Å²) in [5.74, 6) is 0.760. The van der Waals surface area contributed by atoms with Crippen LogP contribution in [0.15, 0.2) is 34.8 Å². The fourth-order valence-electron chi connectivity index (χ4n) is 1.74. The Balaban J connectivity index is 0.000000344. The van der Waals surface area contributed by atoms with Crippen LogP contribution in [0.1, 0.15) is 5.56 Å². The molecule has 0 spiro atoms. The van der Waals surface area contributed by atoms with Gasteiger partial charge in [0.25, 0.3) is 0 Å². The largest absolute Gasteiger partial charge is 2.00 e. The minimum atomic E-state index is 0. The molecule has 2 aliphatic carbocycles. The van der Waals surface area contributed by atoms with E-state index in [-0.39, 0.29) is 22.9 Å². The van der Waals surface area contributed by atoms with Crippen molar-refractivity contribution in [2.24, 2.45) is 0 Å². The summed E-state index contributed by atoms with van der Waals surface area (Å²) in [6, 6.07) is 7.82. The van der Waals surface area contributed by atoms with Crippen LogP contribution in [0.5, 0.6) is 0 Å². The average Bonchev–Trinajstić information content (AvgIpc) is 3.19. The van der Waals surface area contributed by atoms with E-state index in [0.29, 0.717) is 0 Å². The quantitative estimate of drug-likeness (QED) is 0.546. The minimum absolute atomic E-state index is 0. The van der Waals surface area contributed by atoms with Crippen LogP contribution in [0.3, 0.4) is 0 Å². The normalized spacial score (nSPS) is 17.9. The van der Waals surface area contributed by atoms with Crippen molar-refractivity contribution < 1.29 is 21.9 Å². The molecule has 2 aliphatic rings. The molecular formula is C19H15BrFeO+2. The maximum absolute atomic E-state index is 11.7. The first-order valence-corrected chi connectivity index (χ1v) is 7.41. The Kier molecular flexibility index (Phi) is 10.0. The molecule has 0 amide bonds. The topological polar surface area (TPSA) is 17.1 Å². The van der Waals surface area contributed by atoms with Crippen LogP contribution in [0.4, 0.5) is 0 Å². The maximum Gasteiger partial charge on any atom is 2.00 e. The zero-order chi connectivity index (χ0) is 14.9. The molecule has 2 fully saturated rings. The number of ketones is 1. The van der Waals surface area contributed by atoms with Crippen molar-refractivity contribution in [3.8, 4) is 0 Å². The monoisotopic (exact) mass is 394 g/mol. The number of rotatable bonds is 3. The SMILES string of the molecule is O=C(/C=C/c1cccc(Br)c1)[C]1[CH][CH][CH][CH]1.[CH]1[CH][CH][CH][CH]1.[Fe+2]. The Hall–Kier alpha value is -0.371. The number of carbonyl (C=O) groups excluding carboxylic acids is 1. The third-order valence-electron chi connectivity index (χ3n) is 2.78. The molecule has 1 nitrogen and oxygen atoms in total.